The van der Waals surface area contributed by atoms with E-state index >= 15 is 0 Å². The van der Waals surface area contributed by atoms with Crippen molar-refractivity contribution in [3.63, 3.8) is 0 Å². The Hall–Kier alpha value is -1.27. The van der Waals surface area contributed by atoms with Crippen LogP contribution < -0.4 is 9.88 Å². The molecule has 1 rings (SSSR count). The SMILES string of the molecule is COc1c(O)cccc1CS(N)(=O)=O. The lowest BCUT2D eigenvalue weighted by Gasteiger charge is -2.08. The number of hydrogen-bond acceptors (Lipinski definition) is 4. The summed E-state index contributed by atoms with van der Waals surface area (Å²) in [7, 11) is -2.27. The first-order valence-electron chi connectivity index (χ1n) is 3.79. The van der Waals surface area contributed by atoms with E-state index in [2.05, 4.69) is 0 Å². The predicted octanol–water partition coefficient (Wildman–Crippen LogP) is 0.189. The molecule has 0 heterocycles. The van der Waals surface area contributed by atoms with E-state index in [-0.39, 0.29) is 17.3 Å². The highest BCUT2D eigenvalue weighted by Crippen LogP contribution is 2.30. The average molecular weight is 217 g/mol. The Bertz CT molecular complexity index is 427. The van der Waals surface area contributed by atoms with Crippen molar-refractivity contribution in [2.45, 2.75) is 5.75 Å². The molecule has 5 nitrogen and oxygen atoms in total. The molecule has 0 atom stereocenters. The van der Waals surface area contributed by atoms with Crippen molar-refractivity contribution in [3.05, 3.63) is 23.8 Å². The third-order valence-corrected chi connectivity index (χ3v) is 2.35. The van der Waals surface area contributed by atoms with Gasteiger partial charge in [-0.15, -0.1) is 0 Å². The minimum atomic E-state index is -3.62. The van der Waals surface area contributed by atoms with E-state index in [0.29, 0.717) is 5.56 Å². The number of benzene rings is 1. The van der Waals surface area contributed by atoms with E-state index in [9.17, 15) is 13.5 Å². The van der Waals surface area contributed by atoms with E-state index in [1.54, 1.807) is 0 Å². The van der Waals surface area contributed by atoms with Gasteiger partial charge in [0.1, 0.15) is 0 Å². The Kier molecular flexibility index (Phi) is 2.97. The smallest absolute Gasteiger partial charge is 0.213 e. The number of primary sulfonamides is 1. The molecule has 1 aromatic carbocycles. The third-order valence-electron chi connectivity index (χ3n) is 1.64. The molecule has 0 unspecified atom stereocenters. The van der Waals surface area contributed by atoms with E-state index < -0.39 is 10.0 Å². The Morgan fingerprint density at radius 3 is 2.64 bits per heavy atom. The Labute approximate surface area is 82.2 Å². The molecule has 0 aliphatic carbocycles. The number of aromatic hydroxyl groups is 1. The number of sulfonamides is 1. The second-order valence-electron chi connectivity index (χ2n) is 2.78. The summed E-state index contributed by atoms with van der Waals surface area (Å²) < 4.78 is 26.5. The quantitative estimate of drug-likeness (QED) is 0.756. The van der Waals surface area contributed by atoms with Crippen molar-refractivity contribution >= 4 is 10.0 Å². The van der Waals surface area contributed by atoms with Crippen LogP contribution in [0.25, 0.3) is 0 Å². The molecule has 0 amide bonds. The van der Waals surface area contributed by atoms with Gasteiger partial charge in [0.15, 0.2) is 11.5 Å². The third kappa shape index (κ3) is 2.61. The maximum absolute atomic E-state index is 10.8. The maximum Gasteiger partial charge on any atom is 0.213 e. The molecule has 0 spiro atoms. The van der Waals surface area contributed by atoms with Gasteiger partial charge in [-0.25, -0.2) is 13.6 Å². The highest BCUT2D eigenvalue weighted by molar-refractivity contribution is 7.88. The topological polar surface area (TPSA) is 89.6 Å². The number of hydrogen-bond donors (Lipinski definition) is 2. The van der Waals surface area contributed by atoms with E-state index in [1.807, 2.05) is 0 Å². The zero-order valence-corrected chi connectivity index (χ0v) is 8.41. The molecular weight excluding hydrogens is 206 g/mol. The molecule has 78 valence electrons. The van der Waals surface area contributed by atoms with Crippen LogP contribution in [0.15, 0.2) is 18.2 Å². The zero-order chi connectivity index (χ0) is 10.8. The second-order valence-corrected chi connectivity index (χ2v) is 4.39. The second kappa shape index (κ2) is 3.85. The van der Waals surface area contributed by atoms with Crippen LogP contribution in [-0.4, -0.2) is 20.6 Å². The van der Waals surface area contributed by atoms with Crippen molar-refractivity contribution in [2.24, 2.45) is 5.14 Å². The summed E-state index contributed by atoms with van der Waals surface area (Å²) in [6.45, 7) is 0. The minimum absolute atomic E-state index is 0.103. The van der Waals surface area contributed by atoms with Gasteiger partial charge in [-0.05, 0) is 6.07 Å². The van der Waals surface area contributed by atoms with Crippen molar-refractivity contribution in [1.82, 2.24) is 0 Å². The Morgan fingerprint density at radius 2 is 2.14 bits per heavy atom. The summed E-state index contributed by atoms with van der Waals surface area (Å²) in [5.41, 5.74) is 0.343. The number of phenols is 1. The zero-order valence-electron chi connectivity index (χ0n) is 7.60. The Morgan fingerprint density at radius 1 is 1.50 bits per heavy atom. The molecule has 0 radical (unpaired) electrons. The van der Waals surface area contributed by atoms with Crippen molar-refractivity contribution in [1.29, 1.82) is 0 Å². The fourth-order valence-electron chi connectivity index (χ4n) is 1.14. The molecule has 1 aromatic rings. The van der Waals surface area contributed by atoms with Gasteiger partial charge in [0.2, 0.25) is 10.0 Å². The first kappa shape index (κ1) is 10.8. The molecule has 0 saturated carbocycles. The van der Waals surface area contributed by atoms with Crippen LogP contribution in [0, 0.1) is 0 Å². The van der Waals surface area contributed by atoms with Gasteiger partial charge < -0.3 is 9.84 Å². The molecule has 0 aliphatic rings. The van der Waals surface area contributed by atoms with Crippen LogP contribution in [0.2, 0.25) is 0 Å². The Balaban J connectivity index is 3.15. The van der Waals surface area contributed by atoms with Crippen LogP contribution in [0.3, 0.4) is 0 Å². The number of nitrogens with two attached hydrogens (primary N) is 1. The fraction of sp³-hybridized carbons (Fsp3) is 0.250. The van der Waals surface area contributed by atoms with Crippen LogP contribution in [0.1, 0.15) is 5.56 Å². The molecule has 6 heteroatoms. The van der Waals surface area contributed by atoms with E-state index in [1.165, 1.54) is 25.3 Å². The largest absolute Gasteiger partial charge is 0.504 e. The highest BCUT2D eigenvalue weighted by Gasteiger charge is 2.12. The lowest BCUT2D eigenvalue weighted by molar-refractivity contribution is 0.370. The van der Waals surface area contributed by atoms with Crippen molar-refractivity contribution in [3.8, 4) is 11.5 Å². The van der Waals surface area contributed by atoms with Gasteiger partial charge in [0, 0.05) is 5.56 Å². The monoisotopic (exact) mass is 217 g/mol. The van der Waals surface area contributed by atoms with Crippen molar-refractivity contribution < 1.29 is 18.3 Å². The number of methoxy groups -OCH3 is 1. The van der Waals surface area contributed by atoms with Gasteiger partial charge in [0.05, 0.1) is 12.9 Å². The maximum atomic E-state index is 10.8. The summed E-state index contributed by atoms with van der Waals surface area (Å²) in [6, 6.07) is 4.47. The van der Waals surface area contributed by atoms with Crippen LogP contribution in [-0.2, 0) is 15.8 Å². The van der Waals surface area contributed by atoms with Gasteiger partial charge in [-0.3, -0.25) is 0 Å². The van der Waals surface area contributed by atoms with Crippen LogP contribution in [0.5, 0.6) is 11.5 Å². The van der Waals surface area contributed by atoms with E-state index in [0.717, 1.165) is 0 Å². The lowest BCUT2D eigenvalue weighted by Crippen LogP contribution is -2.15. The minimum Gasteiger partial charge on any atom is -0.504 e. The molecule has 0 fully saturated rings. The first-order chi connectivity index (χ1) is 6.44. The number of rotatable bonds is 3. The van der Waals surface area contributed by atoms with E-state index in [4.69, 9.17) is 9.88 Å². The summed E-state index contributed by atoms with van der Waals surface area (Å²) >= 11 is 0. The molecule has 3 N–H and O–H groups in total. The lowest BCUT2D eigenvalue weighted by atomic mass is 10.2. The molecule has 0 bridgehead atoms. The molecule has 0 saturated heterocycles. The van der Waals surface area contributed by atoms with Crippen LogP contribution >= 0.6 is 0 Å². The number of ether oxygens (including phenoxy) is 1. The van der Waals surface area contributed by atoms with Gasteiger partial charge >= 0.3 is 0 Å². The van der Waals surface area contributed by atoms with Gasteiger partial charge in [0.25, 0.3) is 0 Å². The normalized spacial score (nSPS) is 11.3. The van der Waals surface area contributed by atoms with Gasteiger partial charge in [-0.1, -0.05) is 12.1 Å². The molecule has 14 heavy (non-hydrogen) atoms. The van der Waals surface area contributed by atoms with Crippen LogP contribution in [0.4, 0.5) is 0 Å². The predicted molar refractivity (Wildman–Crippen MR) is 51.5 cm³/mol. The number of para-hydroxylation sites is 1. The summed E-state index contributed by atoms with van der Waals surface area (Å²) in [5, 5.41) is 14.2. The summed E-state index contributed by atoms with van der Waals surface area (Å²) in [4.78, 5) is 0. The van der Waals surface area contributed by atoms with Crippen molar-refractivity contribution in [2.75, 3.05) is 7.11 Å². The molecule has 0 aliphatic heterocycles. The average Bonchev–Trinajstić information content (AvgIpc) is 2.01. The molecule has 0 aromatic heterocycles. The standard InChI is InChI=1S/C8H11NO4S/c1-13-8-6(5-14(9,11)12)3-2-4-7(8)10/h2-4,10H,5H2,1H3,(H2,9,11,12). The van der Waals surface area contributed by atoms with Gasteiger partial charge in [-0.2, -0.15) is 0 Å². The fourth-order valence-corrected chi connectivity index (χ4v) is 1.80. The summed E-state index contributed by atoms with van der Waals surface area (Å²) in [6.07, 6.45) is 0. The summed E-state index contributed by atoms with van der Waals surface area (Å²) in [5.74, 6) is -0.319. The highest BCUT2D eigenvalue weighted by atomic mass is 32.2. The molecular formula is C8H11NO4S. The first-order valence-corrected chi connectivity index (χ1v) is 5.51. The number of phenolic OH excluding ortho intramolecular Hbond substituents is 1.